The van der Waals surface area contributed by atoms with Crippen molar-refractivity contribution in [3.8, 4) is 6.07 Å². The maximum atomic E-state index is 11.9. The van der Waals surface area contributed by atoms with Gasteiger partial charge in [-0.1, -0.05) is 18.2 Å². The summed E-state index contributed by atoms with van der Waals surface area (Å²) in [5, 5.41) is 9.03. The average molecular weight is 275 g/mol. The second-order valence-corrected chi connectivity index (χ2v) is 4.03. The van der Waals surface area contributed by atoms with Gasteiger partial charge in [-0.2, -0.15) is 5.26 Å². The van der Waals surface area contributed by atoms with Gasteiger partial charge in [-0.15, -0.1) is 0 Å². The molecule has 0 spiro atoms. The molecule has 0 N–H and O–H groups in total. The number of carbonyl (C=O) groups is 2. The Bertz CT molecular complexity index is 501. The third-order valence-electron chi connectivity index (χ3n) is 2.70. The van der Waals surface area contributed by atoms with Crippen LogP contribution in [0.1, 0.15) is 25.0 Å². The minimum atomic E-state index is -1.04. The van der Waals surface area contributed by atoms with Crippen molar-refractivity contribution in [1.29, 1.82) is 5.26 Å². The number of nitriles is 1. The maximum Gasteiger partial charge on any atom is 0.320 e. The fourth-order valence-electron chi connectivity index (χ4n) is 1.78. The van der Waals surface area contributed by atoms with E-state index in [9.17, 15) is 9.59 Å². The highest BCUT2D eigenvalue weighted by Crippen LogP contribution is 2.16. The Morgan fingerprint density at radius 1 is 1.15 bits per heavy atom. The number of hydrogen-bond acceptors (Lipinski definition) is 5. The molecule has 0 unspecified atom stereocenters. The number of esters is 2. The quantitative estimate of drug-likeness (QED) is 0.585. The Morgan fingerprint density at radius 2 is 1.70 bits per heavy atom. The zero-order chi connectivity index (χ0) is 15.0. The minimum Gasteiger partial charge on any atom is -0.465 e. The lowest BCUT2D eigenvalue weighted by Gasteiger charge is -2.14. The number of carbonyl (C=O) groups excluding carboxylic acids is 2. The topological polar surface area (TPSA) is 76.4 Å². The molecule has 0 saturated heterocycles. The Morgan fingerprint density at radius 3 is 2.20 bits per heavy atom. The van der Waals surface area contributed by atoms with Gasteiger partial charge in [0.1, 0.15) is 0 Å². The van der Waals surface area contributed by atoms with E-state index in [1.54, 1.807) is 38.1 Å². The maximum absolute atomic E-state index is 11.9. The molecule has 5 heteroatoms. The second-order valence-electron chi connectivity index (χ2n) is 4.03. The lowest BCUT2D eigenvalue weighted by atomic mass is 9.96. The van der Waals surface area contributed by atoms with Crippen molar-refractivity contribution < 1.29 is 19.1 Å². The molecule has 0 radical (unpaired) electrons. The Hall–Kier alpha value is -2.35. The normalized spacial score (nSPS) is 9.90. The summed E-state index contributed by atoms with van der Waals surface area (Å²) in [4.78, 5) is 23.7. The molecule has 0 aliphatic heterocycles. The molecule has 0 atom stereocenters. The lowest BCUT2D eigenvalue weighted by Crippen LogP contribution is -2.30. The second kappa shape index (κ2) is 7.95. The lowest BCUT2D eigenvalue weighted by molar-refractivity contribution is -0.161. The molecule has 1 aromatic carbocycles. The molecule has 0 aromatic heterocycles. The zero-order valence-electron chi connectivity index (χ0n) is 11.6. The Kier molecular flexibility index (Phi) is 6.24. The van der Waals surface area contributed by atoms with Crippen LogP contribution in [0.15, 0.2) is 24.3 Å². The summed E-state index contributed by atoms with van der Waals surface area (Å²) in [7, 11) is 0. The molecule has 106 valence electrons. The van der Waals surface area contributed by atoms with Crippen molar-refractivity contribution in [2.24, 2.45) is 5.92 Å². The van der Waals surface area contributed by atoms with Crippen LogP contribution in [-0.4, -0.2) is 25.2 Å². The van der Waals surface area contributed by atoms with Crippen LogP contribution in [0.2, 0.25) is 0 Å². The largest absolute Gasteiger partial charge is 0.465 e. The van der Waals surface area contributed by atoms with E-state index in [-0.39, 0.29) is 19.6 Å². The van der Waals surface area contributed by atoms with Gasteiger partial charge in [0, 0.05) is 0 Å². The molecule has 20 heavy (non-hydrogen) atoms. The van der Waals surface area contributed by atoms with E-state index in [0.717, 1.165) is 0 Å². The van der Waals surface area contributed by atoms with Crippen molar-refractivity contribution in [3.05, 3.63) is 35.4 Å². The minimum absolute atomic E-state index is 0.0986. The summed E-state index contributed by atoms with van der Waals surface area (Å²) in [6.07, 6.45) is 0.0986. The summed E-state index contributed by atoms with van der Waals surface area (Å²) in [6, 6.07) is 8.87. The third-order valence-corrected chi connectivity index (χ3v) is 2.70. The summed E-state index contributed by atoms with van der Waals surface area (Å²) in [5.41, 5.74) is 1.06. The summed E-state index contributed by atoms with van der Waals surface area (Å²) >= 11 is 0. The summed E-state index contributed by atoms with van der Waals surface area (Å²) < 4.78 is 9.79. The van der Waals surface area contributed by atoms with Crippen LogP contribution in [0.4, 0.5) is 0 Å². The Balaban J connectivity index is 2.97. The van der Waals surface area contributed by atoms with E-state index in [1.165, 1.54) is 0 Å². The highest BCUT2D eigenvalue weighted by Gasteiger charge is 2.30. The van der Waals surface area contributed by atoms with Crippen LogP contribution in [0.5, 0.6) is 0 Å². The van der Waals surface area contributed by atoms with Crippen molar-refractivity contribution in [1.82, 2.24) is 0 Å². The fraction of sp³-hybridized carbons (Fsp3) is 0.400. The highest BCUT2D eigenvalue weighted by molar-refractivity contribution is 5.95. The predicted molar refractivity (Wildman–Crippen MR) is 71.6 cm³/mol. The van der Waals surface area contributed by atoms with Crippen molar-refractivity contribution in [2.45, 2.75) is 20.3 Å². The summed E-state index contributed by atoms with van der Waals surface area (Å²) in [6.45, 7) is 3.72. The summed E-state index contributed by atoms with van der Waals surface area (Å²) in [5.74, 6) is -2.29. The molecule has 0 heterocycles. The first kappa shape index (κ1) is 15.7. The van der Waals surface area contributed by atoms with Crippen LogP contribution in [0.3, 0.4) is 0 Å². The van der Waals surface area contributed by atoms with Gasteiger partial charge in [0.15, 0.2) is 5.92 Å². The van der Waals surface area contributed by atoms with Crippen molar-refractivity contribution in [3.63, 3.8) is 0 Å². The standard InChI is InChI=1S/C15H17NO4/c1-3-19-14(17)13(15(18)20-4-2)9-11-7-5-6-8-12(11)10-16/h5-8,13H,3-4,9H2,1-2H3. The SMILES string of the molecule is CCOC(=O)C(Cc1ccccc1C#N)C(=O)OCC. The van der Waals surface area contributed by atoms with Gasteiger partial charge in [-0.05, 0) is 31.9 Å². The van der Waals surface area contributed by atoms with E-state index in [2.05, 4.69) is 0 Å². The molecule has 0 saturated carbocycles. The first-order valence-electron chi connectivity index (χ1n) is 6.45. The van der Waals surface area contributed by atoms with Gasteiger partial charge in [0.05, 0.1) is 24.8 Å². The van der Waals surface area contributed by atoms with Crippen molar-refractivity contribution >= 4 is 11.9 Å². The fourth-order valence-corrected chi connectivity index (χ4v) is 1.78. The first-order chi connectivity index (χ1) is 9.63. The van der Waals surface area contributed by atoms with Crippen LogP contribution < -0.4 is 0 Å². The van der Waals surface area contributed by atoms with Gasteiger partial charge in [-0.3, -0.25) is 9.59 Å². The van der Waals surface area contributed by atoms with E-state index < -0.39 is 17.9 Å². The van der Waals surface area contributed by atoms with E-state index in [1.807, 2.05) is 6.07 Å². The molecule has 0 aliphatic carbocycles. The molecule has 0 fully saturated rings. The smallest absolute Gasteiger partial charge is 0.320 e. The number of nitrogens with zero attached hydrogens (tertiary/aromatic N) is 1. The molecular formula is C15H17NO4. The number of rotatable bonds is 6. The molecule has 1 rings (SSSR count). The predicted octanol–water partition coefficient (Wildman–Crippen LogP) is 1.84. The van der Waals surface area contributed by atoms with Gasteiger partial charge < -0.3 is 9.47 Å². The zero-order valence-corrected chi connectivity index (χ0v) is 11.6. The van der Waals surface area contributed by atoms with Gasteiger partial charge in [0.25, 0.3) is 0 Å². The third kappa shape index (κ3) is 4.09. The van der Waals surface area contributed by atoms with Crippen LogP contribution in [0, 0.1) is 17.2 Å². The van der Waals surface area contributed by atoms with Crippen LogP contribution >= 0.6 is 0 Å². The van der Waals surface area contributed by atoms with Gasteiger partial charge >= 0.3 is 11.9 Å². The number of hydrogen-bond donors (Lipinski definition) is 0. The van der Waals surface area contributed by atoms with Crippen LogP contribution in [-0.2, 0) is 25.5 Å². The average Bonchev–Trinajstić information content (AvgIpc) is 2.45. The molecular weight excluding hydrogens is 258 g/mol. The monoisotopic (exact) mass is 275 g/mol. The first-order valence-corrected chi connectivity index (χ1v) is 6.45. The molecule has 1 aromatic rings. The number of benzene rings is 1. The van der Waals surface area contributed by atoms with E-state index >= 15 is 0 Å². The van der Waals surface area contributed by atoms with Crippen molar-refractivity contribution in [2.75, 3.05) is 13.2 Å². The molecule has 0 aliphatic rings. The molecule has 0 bridgehead atoms. The van der Waals surface area contributed by atoms with Gasteiger partial charge in [-0.25, -0.2) is 0 Å². The van der Waals surface area contributed by atoms with E-state index in [0.29, 0.717) is 11.1 Å². The molecule has 5 nitrogen and oxygen atoms in total. The van der Waals surface area contributed by atoms with E-state index in [4.69, 9.17) is 14.7 Å². The molecule has 0 amide bonds. The van der Waals surface area contributed by atoms with Crippen LogP contribution in [0.25, 0.3) is 0 Å². The van der Waals surface area contributed by atoms with Gasteiger partial charge in [0.2, 0.25) is 0 Å². The number of ether oxygens (including phenoxy) is 2. The Labute approximate surface area is 118 Å². The highest BCUT2D eigenvalue weighted by atomic mass is 16.6.